The predicted molar refractivity (Wildman–Crippen MR) is 107 cm³/mol. The van der Waals surface area contributed by atoms with Crippen molar-refractivity contribution in [2.24, 2.45) is 4.99 Å². The molecule has 0 aliphatic carbocycles. The number of hydrogen-bond acceptors (Lipinski definition) is 4. The van der Waals surface area contributed by atoms with Crippen LogP contribution in [0.2, 0.25) is 0 Å². The van der Waals surface area contributed by atoms with Gasteiger partial charge in [0, 0.05) is 52.4 Å². The number of benzene rings is 1. The van der Waals surface area contributed by atoms with Crippen molar-refractivity contribution in [1.29, 1.82) is 0 Å². The van der Waals surface area contributed by atoms with Gasteiger partial charge in [0.05, 0.1) is 13.1 Å². The number of rotatable bonds is 6. The molecular formula is C20H29F2N5O2. The van der Waals surface area contributed by atoms with Crippen molar-refractivity contribution in [3.63, 3.8) is 0 Å². The average molecular weight is 409 g/mol. The fraction of sp³-hybridized carbons (Fsp3) is 0.600. The molecule has 1 amide bonds. The Morgan fingerprint density at radius 3 is 2.45 bits per heavy atom. The van der Waals surface area contributed by atoms with Crippen LogP contribution in [-0.2, 0) is 4.79 Å². The Bertz CT molecular complexity index is 717. The van der Waals surface area contributed by atoms with Crippen LogP contribution < -0.4 is 10.1 Å². The molecule has 0 bridgehead atoms. The fourth-order valence-electron chi connectivity index (χ4n) is 3.61. The highest BCUT2D eigenvalue weighted by Crippen LogP contribution is 2.15. The van der Waals surface area contributed by atoms with Gasteiger partial charge < -0.3 is 19.9 Å². The lowest BCUT2D eigenvalue weighted by molar-refractivity contribution is -0.131. The molecule has 2 aliphatic heterocycles. The first kappa shape index (κ1) is 21.3. The van der Waals surface area contributed by atoms with Crippen LogP contribution in [0.15, 0.2) is 23.2 Å². The lowest BCUT2D eigenvalue weighted by Crippen LogP contribution is -2.54. The van der Waals surface area contributed by atoms with Crippen molar-refractivity contribution < 1.29 is 18.3 Å². The molecule has 9 heteroatoms. The number of aliphatic imine (C=N–C) groups is 1. The molecule has 1 N–H and O–H groups in total. The van der Waals surface area contributed by atoms with E-state index in [1.165, 1.54) is 6.07 Å². The third-order valence-corrected chi connectivity index (χ3v) is 5.25. The largest absolute Gasteiger partial charge is 0.492 e. The van der Waals surface area contributed by atoms with Gasteiger partial charge in [0.2, 0.25) is 5.91 Å². The van der Waals surface area contributed by atoms with Gasteiger partial charge in [-0.15, -0.1) is 0 Å². The third kappa shape index (κ3) is 6.03. The standard InChI is InChI=1S/C20H29F2N5O2/c1-23-20(24-6-13-29-16-4-5-17(21)18(22)14-16)27-11-9-25(10-12-27)15-19(28)26-7-2-3-8-26/h4-5,14H,2-3,6-13,15H2,1H3,(H,23,24). The quantitative estimate of drug-likeness (QED) is 0.434. The SMILES string of the molecule is CN=C(NCCOc1ccc(F)c(F)c1)N1CCN(CC(=O)N2CCCC2)CC1. The second kappa shape index (κ2) is 10.4. The van der Waals surface area contributed by atoms with E-state index in [-0.39, 0.29) is 11.7 Å². The summed E-state index contributed by atoms with van der Waals surface area (Å²) in [6.07, 6.45) is 2.22. The van der Waals surface area contributed by atoms with E-state index >= 15 is 0 Å². The number of nitrogens with zero attached hydrogens (tertiary/aromatic N) is 4. The van der Waals surface area contributed by atoms with Crippen molar-refractivity contribution >= 4 is 11.9 Å². The van der Waals surface area contributed by atoms with Crippen molar-refractivity contribution in [2.45, 2.75) is 12.8 Å². The molecule has 1 aromatic rings. The summed E-state index contributed by atoms with van der Waals surface area (Å²) in [4.78, 5) is 22.9. The summed E-state index contributed by atoms with van der Waals surface area (Å²) < 4.78 is 31.6. The van der Waals surface area contributed by atoms with E-state index < -0.39 is 11.6 Å². The zero-order valence-electron chi connectivity index (χ0n) is 16.9. The Labute approximate surface area is 170 Å². The summed E-state index contributed by atoms with van der Waals surface area (Å²) in [6, 6.07) is 3.48. The minimum atomic E-state index is -0.924. The highest BCUT2D eigenvalue weighted by Gasteiger charge is 2.24. The zero-order chi connectivity index (χ0) is 20.6. The number of ether oxygens (including phenoxy) is 1. The van der Waals surface area contributed by atoms with Gasteiger partial charge in [-0.2, -0.15) is 0 Å². The summed E-state index contributed by atoms with van der Waals surface area (Å²) in [5.41, 5.74) is 0. The number of hydrogen-bond donors (Lipinski definition) is 1. The first-order valence-electron chi connectivity index (χ1n) is 10.1. The minimum absolute atomic E-state index is 0.229. The Morgan fingerprint density at radius 1 is 1.07 bits per heavy atom. The first-order valence-corrected chi connectivity index (χ1v) is 10.1. The molecule has 1 aromatic carbocycles. The molecule has 0 unspecified atom stereocenters. The third-order valence-electron chi connectivity index (χ3n) is 5.25. The van der Waals surface area contributed by atoms with Gasteiger partial charge in [0.25, 0.3) is 0 Å². The molecule has 2 aliphatic rings. The van der Waals surface area contributed by atoms with Crippen molar-refractivity contribution in [2.75, 3.05) is 66.0 Å². The van der Waals surface area contributed by atoms with E-state index in [1.807, 2.05) is 4.90 Å². The van der Waals surface area contributed by atoms with E-state index in [0.29, 0.717) is 19.7 Å². The molecule has 0 spiro atoms. The monoisotopic (exact) mass is 409 g/mol. The zero-order valence-corrected chi connectivity index (χ0v) is 16.9. The summed E-state index contributed by atoms with van der Waals surface area (Å²) in [5, 5.41) is 3.23. The van der Waals surface area contributed by atoms with Crippen LogP contribution in [0.25, 0.3) is 0 Å². The Kier molecular flexibility index (Phi) is 7.62. The maximum Gasteiger partial charge on any atom is 0.236 e. The molecule has 2 saturated heterocycles. The van der Waals surface area contributed by atoms with Crippen LogP contribution in [0, 0.1) is 11.6 Å². The van der Waals surface area contributed by atoms with E-state index in [0.717, 1.165) is 70.2 Å². The second-order valence-corrected chi connectivity index (χ2v) is 7.25. The van der Waals surface area contributed by atoms with Gasteiger partial charge in [-0.25, -0.2) is 8.78 Å². The Morgan fingerprint density at radius 2 is 1.79 bits per heavy atom. The van der Waals surface area contributed by atoms with Crippen LogP contribution in [0.5, 0.6) is 5.75 Å². The van der Waals surface area contributed by atoms with E-state index in [9.17, 15) is 13.6 Å². The first-order chi connectivity index (χ1) is 14.1. The highest BCUT2D eigenvalue weighted by molar-refractivity contribution is 5.80. The molecule has 7 nitrogen and oxygen atoms in total. The summed E-state index contributed by atoms with van der Waals surface area (Å²) in [6.45, 7) is 6.25. The maximum atomic E-state index is 13.2. The van der Waals surface area contributed by atoms with Crippen molar-refractivity contribution in [3.8, 4) is 5.75 Å². The van der Waals surface area contributed by atoms with Gasteiger partial charge >= 0.3 is 0 Å². The van der Waals surface area contributed by atoms with Crippen LogP contribution in [-0.4, -0.2) is 92.6 Å². The Balaban J connectivity index is 1.36. The summed E-state index contributed by atoms with van der Waals surface area (Å²) >= 11 is 0. The van der Waals surface area contributed by atoms with Crippen LogP contribution in [0.3, 0.4) is 0 Å². The van der Waals surface area contributed by atoms with Crippen molar-refractivity contribution in [1.82, 2.24) is 20.0 Å². The molecule has 160 valence electrons. The molecule has 3 rings (SSSR count). The summed E-state index contributed by atoms with van der Waals surface area (Å²) in [5.74, 6) is -0.529. The number of carbonyl (C=O) groups is 1. The number of piperazine rings is 1. The molecule has 0 radical (unpaired) electrons. The van der Waals surface area contributed by atoms with E-state index in [2.05, 4.69) is 20.1 Å². The second-order valence-electron chi connectivity index (χ2n) is 7.25. The molecule has 29 heavy (non-hydrogen) atoms. The summed E-state index contributed by atoms with van der Waals surface area (Å²) in [7, 11) is 1.72. The molecule has 0 aromatic heterocycles. The van der Waals surface area contributed by atoms with Crippen LogP contribution in [0.1, 0.15) is 12.8 Å². The number of guanidine groups is 1. The molecule has 2 fully saturated rings. The number of carbonyl (C=O) groups excluding carboxylic acids is 1. The van der Waals surface area contributed by atoms with E-state index in [4.69, 9.17) is 4.74 Å². The van der Waals surface area contributed by atoms with Crippen molar-refractivity contribution in [3.05, 3.63) is 29.8 Å². The molecular weight excluding hydrogens is 380 g/mol. The fourth-order valence-corrected chi connectivity index (χ4v) is 3.61. The molecule has 0 atom stereocenters. The van der Waals surface area contributed by atoms with Gasteiger partial charge in [-0.05, 0) is 25.0 Å². The average Bonchev–Trinajstić information content (AvgIpc) is 3.27. The number of nitrogens with one attached hydrogen (secondary N) is 1. The van der Waals surface area contributed by atoms with E-state index in [1.54, 1.807) is 7.05 Å². The van der Waals surface area contributed by atoms with Crippen LogP contribution in [0.4, 0.5) is 8.78 Å². The lowest BCUT2D eigenvalue weighted by Gasteiger charge is -2.36. The van der Waals surface area contributed by atoms with Gasteiger partial charge in [0.1, 0.15) is 12.4 Å². The van der Waals surface area contributed by atoms with Gasteiger partial charge in [-0.3, -0.25) is 14.7 Å². The minimum Gasteiger partial charge on any atom is -0.492 e. The topological polar surface area (TPSA) is 60.4 Å². The maximum absolute atomic E-state index is 13.2. The molecule has 2 heterocycles. The highest BCUT2D eigenvalue weighted by atomic mass is 19.2. The Hall–Kier alpha value is -2.42. The number of amides is 1. The predicted octanol–water partition coefficient (Wildman–Crippen LogP) is 1.16. The number of halogens is 2. The lowest BCUT2D eigenvalue weighted by atomic mass is 10.3. The van der Waals surface area contributed by atoms with Gasteiger partial charge in [0.15, 0.2) is 17.6 Å². The smallest absolute Gasteiger partial charge is 0.236 e. The number of likely N-dealkylation sites (tertiary alicyclic amines) is 1. The molecule has 0 saturated carbocycles. The van der Waals surface area contributed by atoms with Crippen LogP contribution >= 0.6 is 0 Å². The normalized spacial score (nSPS) is 18.2. The van der Waals surface area contributed by atoms with Gasteiger partial charge in [-0.1, -0.05) is 0 Å².